The summed E-state index contributed by atoms with van der Waals surface area (Å²) in [4.78, 5) is 25.8. The van der Waals surface area contributed by atoms with E-state index < -0.39 is 12.0 Å². The molecule has 0 spiro atoms. The second kappa shape index (κ2) is 6.94. The number of benzene rings is 2. The van der Waals surface area contributed by atoms with E-state index in [0.29, 0.717) is 17.1 Å². The molecule has 0 radical (unpaired) electrons. The van der Waals surface area contributed by atoms with Gasteiger partial charge in [0.1, 0.15) is 5.75 Å². The average molecular weight is 339 g/mol. The topological polar surface area (TPSA) is 84.7 Å². The van der Waals surface area contributed by atoms with Gasteiger partial charge in [0.25, 0.3) is 5.91 Å². The number of hydrogen-bond donors (Lipinski definition) is 2. The third-order valence-corrected chi connectivity index (χ3v) is 4.45. The van der Waals surface area contributed by atoms with Gasteiger partial charge in [-0.15, -0.1) is 0 Å². The molecule has 3 N–H and O–H groups in total. The predicted octanol–water partition coefficient (Wildman–Crippen LogP) is 2.32. The Labute approximate surface area is 146 Å². The van der Waals surface area contributed by atoms with Crippen molar-refractivity contribution in [2.75, 3.05) is 23.9 Å². The Morgan fingerprint density at radius 1 is 1.24 bits per heavy atom. The molecule has 1 aliphatic heterocycles. The van der Waals surface area contributed by atoms with E-state index in [4.69, 9.17) is 10.5 Å². The number of anilines is 2. The van der Waals surface area contributed by atoms with E-state index in [0.717, 1.165) is 5.56 Å². The molecule has 6 heteroatoms. The Bertz CT molecular complexity index is 792. The molecule has 2 atom stereocenters. The van der Waals surface area contributed by atoms with Gasteiger partial charge in [-0.1, -0.05) is 37.3 Å². The SMILES string of the molecule is CC(C(=O)Nc1ccc2c(c1)N(C)C(=O)CO2)C(N)c1ccccc1. The van der Waals surface area contributed by atoms with E-state index >= 15 is 0 Å². The van der Waals surface area contributed by atoms with Crippen molar-refractivity contribution in [2.24, 2.45) is 11.7 Å². The van der Waals surface area contributed by atoms with Crippen molar-refractivity contribution in [3.05, 3.63) is 54.1 Å². The molecule has 2 unspecified atom stereocenters. The average Bonchev–Trinajstić information content (AvgIpc) is 2.64. The van der Waals surface area contributed by atoms with Crippen LogP contribution in [0.15, 0.2) is 48.5 Å². The highest BCUT2D eigenvalue weighted by molar-refractivity contribution is 5.99. The van der Waals surface area contributed by atoms with E-state index in [9.17, 15) is 9.59 Å². The lowest BCUT2D eigenvalue weighted by Crippen LogP contribution is -2.35. The zero-order valence-corrected chi connectivity index (χ0v) is 14.2. The molecule has 3 rings (SSSR count). The van der Waals surface area contributed by atoms with Gasteiger partial charge >= 0.3 is 0 Å². The van der Waals surface area contributed by atoms with Crippen LogP contribution in [0.1, 0.15) is 18.5 Å². The second-order valence-electron chi connectivity index (χ2n) is 6.14. The summed E-state index contributed by atoms with van der Waals surface area (Å²) in [5.74, 6) is -0.0966. The summed E-state index contributed by atoms with van der Waals surface area (Å²) in [5.41, 5.74) is 8.35. The van der Waals surface area contributed by atoms with Crippen LogP contribution in [0.25, 0.3) is 0 Å². The van der Waals surface area contributed by atoms with Crippen molar-refractivity contribution in [2.45, 2.75) is 13.0 Å². The zero-order valence-electron chi connectivity index (χ0n) is 14.2. The minimum Gasteiger partial charge on any atom is -0.482 e. The van der Waals surface area contributed by atoms with Gasteiger partial charge in [0.05, 0.1) is 11.6 Å². The molecule has 0 saturated carbocycles. The van der Waals surface area contributed by atoms with Crippen LogP contribution in [0.4, 0.5) is 11.4 Å². The fraction of sp³-hybridized carbons (Fsp3) is 0.263. The summed E-state index contributed by atoms with van der Waals surface area (Å²) in [7, 11) is 1.68. The zero-order chi connectivity index (χ0) is 18.0. The molecule has 0 saturated heterocycles. The molecule has 130 valence electrons. The first-order chi connectivity index (χ1) is 12.0. The lowest BCUT2D eigenvalue weighted by Gasteiger charge is -2.26. The number of nitrogens with one attached hydrogen (secondary N) is 1. The van der Waals surface area contributed by atoms with Crippen molar-refractivity contribution in [1.82, 2.24) is 0 Å². The van der Waals surface area contributed by atoms with Crippen molar-refractivity contribution in [3.63, 3.8) is 0 Å². The van der Waals surface area contributed by atoms with Crippen molar-refractivity contribution in [1.29, 1.82) is 0 Å². The fourth-order valence-corrected chi connectivity index (χ4v) is 2.73. The number of carbonyl (C=O) groups excluding carboxylic acids is 2. The first-order valence-corrected chi connectivity index (χ1v) is 8.12. The van der Waals surface area contributed by atoms with Crippen molar-refractivity contribution >= 4 is 23.2 Å². The summed E-state index contributed by atoms with van der Waals surface area (Å²) in [6, 6.07) is 14.4. The summed E-state index contributed by atoms with van der Waals surface area (Å²) in [6.07, 6.45) is 0. The van der Waals surface area contributed by atoms with Crippen molar-refractivity contribution < 1.29 is 14.3 Å². The highest BCUT2D eigenvalue weighted by atomic mass is 16.5. The number of carbonyl (C=O) groups is 2. The molecule has 6 nitrogen and oxygen atoms in total. The van der Waals surface area contributed by atoms with Crippen LogP contribution < -0.4 is 20.7 Å². The van der Waals surface area contributed by atoms with Crippen LogP contribution in [-0.2, 0) is 9.59 Å². The molecule has 1 aliphatic rings. The number of likely N-dealkylation sites (N-methyl/N-ethyl adjacent to an activating group) is 1. The van der Waals surface area contributed by atoms with Gasteiger partial charge in [-0.05, 0) is 23.8 Å². The number of nitrogens with two attached hydrogens (primary N) is 1. The van der Waals surface area contributed by atoms with Crippen LogP contribution in [0.3, 0.4) is 0 Å². The van der Waals surface area contributed by atoms with Crippen molar-refractivity contribution in [3.8, 4) is 5.75 Å². The lowest BCUT2D eigenvalue weighted by molar-refractivity contribution is -0.121. The van der Waals surface area contributed by atoms with Gasteiger partial charge in [-0.3, -0.25) is 9.59 Å². The summed E-state index contributed by atoms with van der Waals surface area (Å²) in [6.45, 7) is 1.82. The van der Waals surface area contributed by atoms with Crippen LogP contribution in [-0.4, -0.2) is 25.5 Å². The third-order valence-electron chi connectivity index (χ3n) is 4.45. The molecule has 0 aliphatic carbocycles. The molecular formula is C19H21N3O3. The highest BCUT2D eigenvalue weighted by Gasteiger charge is 2.25. The summed E-state index contributed by atoms with van der Waals surface area (Å²) < 4.78 is 5.39. The number of ether oxygens (including phenoxy) is 1. The van der Waals surface area contributed by atoms with Crippen LogP contribution in [0.2, 0.25) is 0 Å². The Morgan fingerprint density at radius 3 is 2.68 bits per heavy atom. The van der Waals surface area contributed by atoms with Gasteiger partial charge in [0.15, 0.2) is 6.61 Å². The fourth-order valence-electron chi connectivity index (χ4n) is 2.73. The third kappa shape index (κ3) is 3.49. The Balaban J connectivity index is 1.74. The van der Waals surface area contributed by atoms with Gasteiger partial charge in [-0.2, -0.15) is 0 Å². The maximum Gasteiger partial charge on any atom is 0.264 e. The van der Waals surface area contributed by atoms with E-state index in [1.807, 2.05) is 30.3 Å². The Hall–Kier alpha value is -2.86. The molecule has 2 amide bonds. The van der Waals surface area contributed by atoms with E-state index in [2.05, 4.69) is 5.32 Å². The summed E-state index contributed by atoms with van der Waals surface area (Å²) >= 11 is 0. The molecule has 0 fully saturated rings. The van der Waals surface area contributed by atoms with Gasteiger partial charge in [0, 0.05) is 18.8 Å². The van der Waals surface area contributed by atoms with Crippen LogP contribution >= 0.6 is 0 Å². The van der Waals surface area contributed by atoms with E-state index in [1.54, 1.807) is 32.2 Å². The first kappa shape index (κ1) is 17.0. The molecule has 0 aromatic heterocycles. The molecule has 25 heavy (non-hydrogen) atoms. The highest BCUT2D eigenvalue weighted by Crippen LogP contribution is 2.34. The Morgan fingerprint density at radius 2 is 1.96 bits per heavy atom. The van der Waals surface area contributed by atoms with Crippen LogP contribution in [0.5, 0.6) is 5.75 Å². The number of hydrogen-bond acceptors (Lipinski definition) is 4. The quantitative estimate of drug-likeness (QED) is 0.895. The second-order valence-corrected chi connectivity index (χ2v) is 6.14. The van der Waals surface area contributed by atoms with Crippen LogP contribution in [0, 0.1) is 5.92 Å². The minimum atomic E-state index is -0.408. The molecule has 2 aromatic carbocycles. The normalized spacial score (nSPS) is 15.8. The van der Waals surface area contributed by atoms with Gasteiger partial charge < -0.3 is 20.7 Å². The monoisotopic (exact) mass is 339 g/mol. The maximum absolute atomic E-state index is 12.5. The largest absolute Gasteiger partial charge is 0.482 e. The minimum absolute atomic E-state index is 0.0260. The molecular weight excluding hydrogens is 318 g/mol. The first-order valence-electron chi connectivity index (χ1n) is 8.12. The van der Waals surface area contributed by atoms with Gasteiger partial charge in [-0.25, -0.2) is 0 Å². The number of amides is 2. The molecule has 2 aromatic rings. The Kier molecular flexibility index (Phi) is 4.72. The smallest absolute Gasteiger partial charge is 0.264 e. The number of rotatable bonds is 4. The lowest BCUT2D eigenvalue weighted by atomic mass is 9.94. The van der Waals surface area contributed by atoms with E-state index in [1.165, 1.54) is 4.90 Å². The summed E-state index contributed by atoms with van der Waals surface area (Å²) in [5, 5.41) is 2.87. The van der Waals surface area contributed by atoms with E-state index in [-0.39, 0.29) is 18.4 Å². The number of fused-ring (bicyclic) bond motifs is 1. The number of nitrogens with zero attached hydrogens (tertiary/aromatic N) is 1. The van der Waals surface area contributed by atoms with Gasteiger partial charge in [0.2, 0.25) is 5.91 Å². The predicted molar refractivity (Wildman–Crippen MR) is 96.5 cm³/mol. The standard InChI is InChI=1S/C19H21N3O3/c1-12(18(20)13-6-4-3-5-7-13)19(24)21-14-8-9-16-15(10-14)22(2)17(23)11-25-16/h3-10,12,18H,11,20H2,1-2H3,(H,21,24). The molecule has 1 heterocycles. The maximum atomic E-state index is 12.5. The molecule has 0 bridgehead atoms.